The summed E-state index contributed by atoms with van der Waals surface area (Å²) in [5, 5.41) is 4.84. The second kappa shape index (κ2) is 7.07. The van der Waals surface area contributed by atoms with Gasteiger partial charge in [-0.05, 0) is 55.5 Å². The first-order valence-electron chi connectivity index (χ1n) is 8.31. The highest BCUT2D eigenvalue weighted by molar-refractivity contribution is 6.30. The van der Waals surface area contributed by atoms with E-state index in [0.717, 1.165) is 17.1 Å². The Morgan fingerprint density at radius 3 is 2.42 bits per heavy atom. The summed E-state index contributed by atoms with van der Waals surface area (Å²) < 4.78 is 19.7. The van der Waals surface area contributed by atoms with E-state index in [0.29, 0.717) is 18.2 Å². The van der Waals surface area contributed by atoms with Gasteiger partial charge >= 0.3 is 0 Å². The fraction of sp³-hybridized carbons (Fsp3) is 0.263. The van der Waals surface area contributed by atoms with Crippen LogP contribution in [0, 0.1) is 0 Å². The third-order valence-electron chi connectivity index (χ3n) is 4.12. The zero-order chi connectivity index (χ0) is 18.0. The molecular weight excluding hydrogens is 354 g/mol. The number of benzene rings is 2. The second-order valence-electron chi connectivity index (χ2n) is 6.17. The normalized spacial score (nSPS) is 22.5. The van der Waals surface area contributed by atoms with Crippen LogP contribution >= 0.6 is 11.6 Å². The lowest BCUT2D eigenvalue weighted by Crippen LogP contribution is -2.33. The molecule has 26 heavy (non-hydrogen) atoms. The molecule has 0 N–H and O–H groups in total. The first-order chi connectivity index (χ1) is 12.6. The molecule has 1 fully saturated rings. The molecule has 1 aliphatic rings. The van der Waals surface area contributed by atoms with Gasteiger partial charge in [0.25, 0.3) is 0 Å². The molecule has 0 amide bonds. The Kier molecular flexibility index (Phi) is 4.63. The number of nitrogens with zero attached hydrogens (tertiary/aromatic N) is 3. The van der Waals surface area contributed by atoms with Gasteiger partial charge in [-0.1, -0.05) is 11.6 Å². The monoisotopic (exact) mass is 371 g/mol. The van der Waals surface area contributed by atoms with Crippen molar-refractivity contribution in [2.45, 2.75) is 25.4 Å². The van der Waals surface area contributed by atoms with Crippen LogP contribution in [0.25, 0.3) is 0 Å². The molecule has 3 aromatic rings. The molecular formula is C19H18ClN3O3. The summed E-state index contributed by atoms with van der Waals surface area (Å²) in [5.41, 5.74) is 0.904. The molecule has 0 saturated carbocycles. The van der Waals surface area contributed by atoms with Gasteiger partial charge < -0.3 is 14.2 Å². The molecule has 0 bridgehead atoms. The maximum Gasteiger partial charge on any atom is 0.215 e. The van der Waals surface area contributed by atoms with E-state index in [1.54, 1.807) is 23.1 Å². The highest BCUT2D eigenvalue weighted by Crippen LogP contribution is 2.37. The van der Waals surface area contributed by atoms with Crippen LogP contribution in [0.5, 0.6) is 11.5 Å². The minimum absolute atomic E-state index is 0.00325. The first kappa shape index (κ1) is 17.0. The van der Waals surface area contributed by atoms with Crippen LogP contribution in [0.3, 0.4) is 0 Å². The van der Waals surface area contributed by atoms with Crippen LogP contribution in [-0.2, 0) is 21.8 Å². The molecule has 1 aliphatic heterocycles. The number of hydrogen-bond acceptors (Lipinski definition) is 5. The van der Waals surface area contributed by atoms with Gasteiger partial charge in [-0.2, -0.15) is 5.10 Å². The summed E-state index contributed by atoms with van der Waals surface area (Å²) in [4.78, 5) is 3.99. The zero-order valence-electron chi connectivity index (χ0n) is 14.2. The predicted molar refractivity (Wildman–Crippen MR) is 96.2 cm³/mol. The third-order valence-corrected chi connectivity index (χ3v) is 4.37. The van der Waals surface area contributed by atoms with E-state index >= 15 is 0 Å². The van der Waals surface area contributed by atoms with Crippen LogP contribution in [0.4, 0.5) is 0 Å². The van der Waals surface area contributed by atoms with Crippen molar-refractivity contribution in [3.05, 3.63) is 71.8 Å². The Balaban J connectivity index is 1.56. The highest BCUT2D eigenvalue weighted by atomic mass is 35.5. The van der Waals surface area contributed by atoms with E-state index in [2.05, 4.69) is 10.1 Å². The number of ether oxygens (including phenoxy) is 3. The maximum atomic E-state index is 6.11. The zero-order valence-corrected chi connectivity index (χ0v) is 15.0. The highest BCUT2D eigenvalue weighted by Gasteiger charge is 2.42. The summed E-state index contributed by atoms with van der Waals surface area (Å²) in [7, 11) is 0. The Morgan fingerprint density at radius 2 is 1.85 bits per heavy atom. The molecule has 7 heteroatoms. The number of rotatable bonds is 5. The Labute approximate surface area is 156 Å². The summed E-state index contributed by atoms with van der Waals surface area (Å²) in [6.45, 7) is 2.94. The third kappa shape index (κ3) is 3.58. The summed E-state index contributed by atoms with van der Waals surface area (Å²) in [6.07, 6.45) is 3.15. The van der Waals surface area contributed by atoms with E-state index in [9.17, 15) is 0 Å². The van der Waals surface area contributed by atoms with Crippen LogP contribution in [0.2, 0.25) is 5.02 Å². The lowest BCUT2D eigenvalue weighted by molar-refractivity contribution is -0.186. The standard InChI is InChI=1S/C19H18ClN3O3/c1-14-10-24-19(26-14,11-23-13-21-12-22-23)15-2-6-17(7-3-15)25-18-8-4-16(20)5-9-18/h2-9,12-14H,10-11H2,1H3. The van der Waals surface area contributed by atoms with Crippen molar-refractivity contribution in [1.29, 1.82) is 0 Å². The average Bonchev–Trinajstić information content (AvgIpc) is 3.28. The lowest BCUT2D eigenvalue weighted by Gasteiger charge is -2.28. The van der Waals surface area contributed by atoms with E-state index < -0.39 is 5.79 Å². The summed E-state index contributed by atoms with van der Waals surface area (Å²) in [5.74, 6) is 0.561. The van der Waals surface area contributed by atoms with Gasteiger partial charge in [0.05, 0.1) is 12.7 Å². The molecule has 6 nitrogen and oxygen atoms in total. The van der Waals surface area contributed by atoms with Crippen molar-refractivity contribution in [1.82, 2.24) is 14.8 Å². The topological polar surface area (TPSA) is 58.4 Å². The van der Waals surface area contributed by atoms with E-state index in [1.165, 1.54) is 6.33 Å². The quantitative estimate of drug-likeness (QED) is 0.678. The average molecular weight is 372 g/mol. The summed E-state index contributed by atoms with van der Waals surface area (Å²) in [6, 6.07) is 14.9. The van der Waals surface area contributed by atoms with Crippen molar-refractivity contribution in [2.75, 3.05) is 6.61 Å². The number of halogens is 1. The van der Waals surface area contributed by atoms with E-state index in [1.807, 2.05) is 43.3 Å². The van der Waals surface area contributed by atoms with Crippen molar-refractivity contribution in [3.8, 4) is 11.5 Å². The van der Waals surface area contributed by atoms with Crippen LogP contribution in [0.1, 0.15) is 12.5 Å². The minimum Gasteiger partial charge on any atom is -0.457 e. The van der Waals surface area contributed by atoms with Crippen LogP contribution in [-0.4, -0.2) is 27.5 Å². The molecule has 0 aliphatic carbocycles. The first-order valence-corrected chi connectivity index (χ1v) is 8.69. The van der Waals surface area contributed by atoms with Gasteiger partial charge in [-0.15, -0.1) is 0 Å². The van der Waals surface area contributed by atoms with Gasteiger partial charge in [0.15, 0.2) is 0 Å². The molecule has 2 heterocycles. The molecule has 0 spiro atoms. The molecule has 0 radical (unpaired) electrons. The molecule has 1 aromatic heterocycles. The molecule has 1 saturated heterocycles. The molecule has 4 rings (SSSR count). The van der Waals surface area contributed by atoms with Gasteiger partial charge in [-0.3, -0.25) is 0 Å². The van der Waals surface area contributed by atoms with Crippen molar-refractivity contribution >= 4 is 11.6 Å². The van der Waals surface area contributed by atoms with Crippen molar-refractivity contribution < 1.29 is 14.2 Å². The molecule has 2 atom stereocenters. The predicted octanol–water partition coefficient (Wildman–Crippen LogP) is 4.01. The van der Waals surface area contributed by atoms with Crippen molar-refractivity contribution in [3.63, 3.8) is 0 Å². The molecule has 2 aromatic carbocycles. The van der Waals surface area contributed by atoms with Crippen molar-refractivity contribution in [2.24, 2.45) is 0 Å². The molecule has 2 unspecified atom stereocenters. The van der Waals surface area contributed by atoms with Gasteiger partial charge in [0.1, 0.15) is 30.7 Å². The van der Waals surface area contributed by atoms with Crippen LogP contribution in [0.15, 0.2) is 61.2 Å². The smallest absolute Gasteiger partial charge is 0.215 e. The fourth-order valence-corrected chi connectivity index (χ4v) is 3.04. The van der Waals surface area contributed by atoms with Gasteiger partial charge in [-0.25, -0.2) is 9.67 Å². The lowest BCUT2D eigenvalue weighted by atomic mass is 10.1. The van der Waals surface area contributed by atoms with E-state index in [-0.39, 0.29) is 6.10 Å². The van der Waals surface area contributed by atoms with E-state index in [4.69, 9.17) is 25.8 Å². The van der Waals surface area contributed by atoms with Gasteiger partial charge in [0, 0.05) is 10.6 Å². The maximum absolute atomic E-state index is 6.11. The fourth-order valence-electron chi connectivity index (χ4n) is 2.91. The summed E-state index contributed by atoms with van der Waals surface area (Å²) >= 11 is 5.90. The number of aromatic nitrogens is 3. The van der Waals surface area contributed by atoms with Gasteiger partial charge in [0.2, 0.25) is 5.79 Å². The minimum atomic E-state index is -0.883. The molecule has 134 valence electrons. The SMILES string of the molecule is CC1COC(Cn2cncn2)(c2ccc(Oc3ccc(Cl)cc3)cc2)O1. The van der Waals surface area contributed by atoms with Crippen LogP contribution < -0.4 is 4.74 Å². The Bertz CT molecular complexity index is 853. The number of hydrogen-bond donors (Lipinski definition) is 0. The second-order valence-corrected chi connectivity index (χ2v) is 6.60. The Hall–Kier alpha value is -2.41. The largest absolute Gasteiger partial charge is 0.457 e. The Morgan fingerprint density at radius 1 is 1.15 bits per heavy atom.